The van der Waals surface area contributed by atoms with Gasteiger partial charge >= 0.3 is 0 Å². The average Bonchev–Trinajstić information content (AvgIpc) is 2.55. The van der Waals surface area contributed by atoms with E-state index >= 15 is 0 Å². The molecular weight excluding hydrogens is 378 g/mol. The molecule has 0 heterocycles. The van der Waals surface area contributed by atoms with E-state index in [1.165, 1.54) is 23.9 Å². The summed E-state index contributed by atoms with van der Waals surface area (Å²) in [5, 5.41) is 13.4. The van der Waals surface area contributed by atoms with Crippen LogP contribution in [0.5, 0.6) is 0 Å². The molecule has 1 atom stereocenters. The number of nitrogens with zero attached hydrogens (tertiary/aromatic N) is 2. The molecule has 0 saturated carbocycles. The number of amides is 2. The van der Waals surface area contributed by atoms with Gasteiger partial charge in [-0.3, -0.25) is 19.7 Å². The predicted octanol–water partition coefficient (Wildman–Crippen LogP) is 4.24. The highest BCUT2D eigenvalue weighted by molar-refractivity contribution is 8.01. The van der Waals surface area contributed by atoms with Crippen molar-refractivity contribution in [2.24, 2.45) is 5.92 Å². The summed E-state index contributed by atoms with van der Waals surface area (Å²) in [6, 6.07) is 4.79. The first kappa shape index (κ1) is 23.9. The van der Waals surface area contributed by atoms with Crippen LogP contribution < -0.4 is 5.32 Å². The number of nitro benzene ring substituents is 1. The maximum atomic E-state index is 13.0. The van der Waals surface area contributed by atoms with E-state index in [0.717, 1.165) is 5.56 Å². The third kappa shape index (κ3) is 6.51. The number of benzene rings is 1. The summed E-state index contributed by atoms with van der Waals surface area (Å²) in [5.41, 5.74) is 0.771. The Kier molecular flexibility index (Phi) is 8.94. The molecule has 0 aliphatic heterocycles. The fraction of sp³-hybridized carbons (Fsp3) is 0.600. The largest absolute Gasteiger partial charge is 0.337 e. The topological polar surface area (TPSA) is 92.6 Å². The summed E-state index contributed by atoms with van der Waals surface area (Å²) < 4.78 is 0. The van der Waals surface area contributed by atoms with Gasteiger partial charge in [0.05, 0.1) is 15.9 Å². The lowest BCUT2D eigenvalue weighted by Gasteiger charge is -2.35. The molecule has 1 rings (SSSR count). The number of carbonyl (C=O) groups is 2. The lowest BCUT2D eigenvalue weighted by Crippen LogP contribution is -2.47. The van der Waals surface area contributed by atoms with Gasteiger partial charge in [0.15, 0.2) is 0 Å². The highest BCUT2D eigenvalue weighted by Crippen LogP contribution is 2.27. The molecule has 0 bridgehead atoms. The Bertz CT molecular complexity index is 711. The minimum absolute atomic E-state index is 0.0131. The number of rotatable bonds is 9. The van der Waals surface area contributed by atoms with Crippen LogP contribution in [0.25, 0.3) is 0 Å². The third-order valence-corrected chi connectivity index (χ3v) is 5.77. The van der Waals surface area contributed by atoms with Crippen molar-refractivity contribution in [3.63, 3.8) is 0 Å². The minimum Gasteiger partial charge on any atom is -0.337 e. The lowest BCUT2D eigenvalue weighted by atomic mass is 10.1. The van der Waals surface area contributed by atoms with Gasteiger partial charge < -0.3 is 10.2 Å². The van der Waals surface area contributed by atoms with Crippen molar-refractivity contribution >= 4 is 35.0 Å². The van der Waals surface area contributed by atoms with E-state index < -0.39 is 4.92 Å². The number of aryl methyl sites for hydroxylation is 1. The van der Waals surface area contributed by atoms with Crippen molar-refractivity contribution in [3.05, 3.63) is 33.9 Å². The Labute approximate surface area is 171 Å². The molecule has 0 aliphatic carbocycles. The second-order valence-electron chi connectivity index (χ2n) is 7.73. The zero-order valence-electron chi connectivity index (χ0n) is 17.7. The highest BCUT2D eigenvalue weighted by Gasteiger charge is 2.31. The Balaban J connectivity index is 2.86. The van der Waals surface area contributed by atoms with E-state index in [1.807, 2.05) is 46.4 Å². The van der Waals surface area contributed by atoms with E-state index in [-0.39, 0.29) is 52.2 Å². The van der Waals surface area contributed by atoms with Crippen LogP contribution in [0.3, 0.4) is 0 Å². The molecule has 156 valence electrons. The van der Waals surface area contributed by atoms with Gasteiger partial charge in [0.2, 0.25) is 11.8 Å². The predicted molar refractivity (Wildman–Crippen MR) is 115 cm³/mol. The molecule has 2 amide bonds. The van der Waals surface area contributed by atoms with Crippen LogP contribution in [0, 0.1) is 23.0 Å². The zero-order chi connectivity index (χ0) is 21.6. The number of nitro groups is 1. The van der Waals surface area contributed by atoms with E-state index in [2.05, 4.69) is 5.32 Å². The second-order valence-corrected chi connectivity index (χ2v) is 8.86. The Morgan fingerprint density at radius 1 is 1.14 bits per heavy atom. The van der Waals surface area contributed by atoms with Gasteiger partial charge in [-0.1, -0.05) is 19.9 Å². The summed E-state index contributed by atoms with van der Waals surface area (Å²) in [6.07, 6.45) is 0. The van der Waals surface area contributed by atoms with Gasteiger partial charge in [0, 0.05) is 18.2 Å². The Hall–Kier alpha value is -2.09. The number of anilines is 1. The summed E-state index contributed by atoms with van der Waals surface area (Å²) in [7, 11) is 0. The van der Waals surface area contributed by atoms with Crippen LogP contribution in [0.2, 0.25) is 0 Å². The molecule has 28 heavy (non-hydrogen) atoms. The van der Waals surface area contributed by atoms with Crippen molar-refractivity contribution in [3.8, 4) is 0 Å². The molecule has 8 heteroatoms. The molecule has 1 N–H and O–H groups in total. The summed E-state index contributed by atoms with van der Waals surface area (Å²) in [6.45, 7) is 13.6. The molecule has 0 fully saturated rings. The monoisotopic (exact) mass is 409 g/mol. The number of hydrogen-bond acceptors (Lipinski definition) is 5. The van der Waals surface area contributed by atoms with Crippen molar-refractivity contribution in [1.29, 1.82) is 0 Å². The third-order valence-electron chi connectivity index (χ3n) is 4.23. The zero-order valence-corrected chi connectivity index (χ0v) is 18.5. The van der Waals surface area contributed by atoms with Crippen LogP contribution >= 0.6 is 11.8 Å². The molecule has 0 spiro atoms. The molecule has 1 aromatic carbocycles. The molecule has 0 radical (unpaired) electrons. The van der Waals surface area contributed by atoms with Gasteiger partial charge in [0.1, 0.15) is 5.69 Å². The van der Waals surface area contributed by atoms with Crippen LogP contribution in [0.1, 0.15) is 47.1 Å². The van der Waals surface area contributed by atoms with Crippen LogP contribution in [-0.4, -0.2) is 44.7 Å². The standard InChI is InChI=1S/C20H31N3O4S/c1-12(2)19(20(25)22(13(3)4)14(5)6)28-11-18(24)21-16-9-8-15(7)10-17(16)23(26)27/h8-10,12-14,19H,11H2,1-7H3,(H,21,24). The molecular formula is C20H31N3O4S. The van der Waals surface area contributed by atoms with Crippen LogP contribution in [0.15, 0.2) is 18.2 Å². The number of nitrogens with one attached hydrogen (secondary N) is 1. The first-order valence-electron chi connectivity index (χ1n) is 9.44. The van der Waals surface area contributed by atoms with Crippen LogP contribution in [0.4, 0.5) is 11.4 Å². The SMILES string of the molecule is Cc1ccc(NC(=O)CSC(C(=O)N(C(C)C)C(C)C)C(C)C)c([N+](=O)[O-])c1. The van der Waals surface area contributed by atoms with Crippen LogP contribution in [-0.2, 0) is 9.59 Å². The molecule has 7 nitrogen and oxygen atoms in total. The van der Waals surface area contributed by atoms with E-state index in [4.69, 9.17) is 0 Å². The van der Waals surface area contributed by atoms with Gasteiger partial charge in [0.25, 0.3) is 5.69 Å². The summed E-state index contributed by atoms with van der Waals surface area (Å²) in [4.78, 5) is 37.9. The average molecular weight is 410 g/mol. The lowest BCUT2D eigenvalue weighted by molar-refractivity contribution is -0.384. The van der Waals surface area contributed by atoms with Gasteiger partial charge in [-0.2, -0.15) is 0 Å². The first-order chi connectivity index (χ1) is 13.0. The number of thioether (sulfide) groups is 1. The fourth-order valence-electron chi connectivity index (χ4n) is 3.05. The number of carbonyl (C=O) groups excluding carboxylic acids is 2. The maximum absolute atomic E-state index is 13.0. The summed E-state index contributed by atoms with van der Waals surface area (Å²) >= 11 is 1.27. The molecule has 1 aromatic rings. The van der Waals surface area contributed by atoms with Crippen molar-refractivity contribution in [2.75, 3.05) is 11.1 Å². The molecule has 0 aliphatic rings. The smallest absolute Gasteiger partial charge is 0.293 e. The van der Waals surface area contributed by atoms with Gasteiger partial charge in [-0.25, -0.2) is 0 Å². The fourth-order valence-corrected chi connectivity index (χ4v) is 4.10. The quantitative estimate of drug-likeness (QED) is 0.486. The molecule has 1 unspecified atom stereocenters. The van der Waals surface area contributed by atoms with Crippen molar-refractivity contribution in [1.82, 2.24) is 4.90 Å². The normalized spacial score (nSPS) is 12.4. The van der Waals surface area contributed by atoms with E-state index in [1.54, 1.807) is 13.0 Å². The minimum atomic E-state index is -0.515. The maximum Gasteiger partial charge on any atom is 0.293 e. The van der Waals surface area contributed by atoms with Crippen molar-refractivity contribution < 1.29 is 14.5 Å². The number of hydrogen-bond donors (Lipinski definition) is 1. The van der Waals surface area contributed by atoms with Crippen molar-refractivity contribution in [2.45, 2.75) is 65.8 Å². The summed E-state index contributed by atoms with van der Waals surface area (Å²) in [5.74, 6) is -0.252. The molecule has 0 aromatic heterocycles. The van der Waals surface area contributed by atoms with Gasteiger partial charge in [-0.15, -0.1) is 11.8 Å². The van der Waals surface area contributed by atoms with E-state index in [9.17, 15) is 19.7 Å². The first-order valence-corrected chi connectivity index (χ1v) is 10.5. The van der Waals surface area contributed by atoms with E-state index in [0.29, 0.717) is 0 Å². The second kappa shape index (κ2) is 10.5. The van der Waals surface area contributed by atoms with Gasteiger partial charge in [-0.05, 0) is 52.2 Å². The molecule has 0 saturated heterocycles. The highest BCUT2D eigenvalue weighted by atomic mass is 32.2. The Morgan fingerprint density at radius 3 is 2.18 bits per heavy atom. The Morgan fingerprint density at radius 2 is 1.71 bits per heavy atom.